The Morgan fingerprint density at radius 3 is 3.31 bits per heavy atom. The third-order valence-corrected chi connectivity index (χ3v) is 2.81. The van der Waals surface area contributed by atoms with E-state index in [0.717, 1.165) is 18.1 Å². The monoisotopic (exact) mass is 198 g/mol. The van der Waals surface area contributed by atoms with Gasteiger partial charge in [-0.15, -0.1) is 0 Å². The van der Waals surface area contributed by atoms with E-state index in [1.54, 1.807) is 0 Å². The van der Waals surface area contributed by atoms with Crippen molar-refractivity contribution < 1.29 is 4.74 Å². The first-order chi connectivity index (χ1) is 6.36. The molecule has 2 rings (SSSR count). The molecule has 0 spiro atoms. The van der Waals surface area contributed by atoms with Gasteiger partial charge in [-0.1, -0.05) is 0 Å². The fourth-order valence-electron chi connectivity index (χ4n) is 1.19. The second-order valence-electron chi connectivity index (χ2n) is 2.75. The Labute approximate surface area is 79.7 Å². The van der Waals surface area contributed by atoms with Crippen LogP contribution in [0.5, 0.6) is 0 Å². The summed E-state index contributed by atoms with van der Waals surface area (Å²) in [6, 6.07) is 1.40. The third kappa shape index (κ3) is 2.10. The highest BCUT2D eigenvalue weighted by Gasteiger charge is 2.17. The van der Waals surface area contributed by atoms with Gasteiger partial charge in [-0.05, 0) is 0 Å². The standard InChI is InChI=1S/C8H10N2O2S/c11-7-1-2-9-8(10-7)6-5-13-4-3-12-6/h1-2,6H,3-5H2,(H,9,10,11). The molecule has 1 aliphatic heterocycles. The largest absolute Gasteiger partial charge is 0.369 e. The minimum Gasteiger partial charge on any atom is -0.369 e. The number of hydrogen-bond donors (Lipinski definition) is 1. The van der Waals surface area contributed by atoms with Gasteiger partial charge in [0.05, 0.1) is 6.61 Å². The summed E-state index contributed by atoms with van der Waals surface area (Å²) in [6.07, 6.45) is 1.46. The highest BCUT2D eigenvalue weighted by molar-refractivity contribution is 7.99. The van der Waals surface area contributed by atoms with Crippen LogP contribution in [-0.2, 0) is 4.74 Å². The number of thioether (sulfide) groups is 1. The van der Waals surface area contributed by atoms with Crippen LogP contribution in [0.25, 0.3) is 0 Å². The molecule has 1 atom stereocenters. The van der Waals surface area contributed by atoms with Crippen LogP contribution in [-0.4, -0.2) is 28.1 Å². The summed E-state index contributed by atoms with van der Waals surface area (Å²) in [5, 5.41) is 0. The molecule has 70 valence electrons. The smallest absolute Gasteiger partial charge is 0.250 e. The van der Waals surface area contributed by atoms with Crippen molar-refractivity contribution in [3.63, 3.8) is 0 Å². The first-order valence-electron chi connectivity index (χ1n) is 4.11. The zero-order chi connectivity index (χ0) is 9.10. The van der Waals surface area contributed by atoms with Crippen LogP contribution in [0.3, 0.4) is 0 Å². The molecule has 0 radical (unpaired) electrons. The number of ether oxygens (including phenoxy) is 1. The van der Waals surface area contributed by atoms with E-state index in [9.17, 15) is 4.79 Å². The quantitative estimate of drug-likeness (QED) is 0.717. The number of aromatic amines is 1. The molecule has 1 unspecified atom stereocenters. The number of rotatable bonds is 1. The average Bonchev–Trinajstić information content (AvgIpc) is 2.19. The molecule has 0 aromatic carbocycles. The molecule has 1 aromatic heterocycles. The molecule has 1 aromatic rings. The van der Waals surface area contributed by atoms with E-state index < -0.39 is 0 Å². The van der Waals surface area contributed by atoms with Crippen LogP contribution < -0.4 is 5.56 Å². The highest BCUT2D eigenvalue weighted by Crippen LogP contribution is 2.22. The Kier molecular flexibility index (Phi) is 2.65. The van der Waals surface area contributed by atoms with E-state index in [2.05, 4.69) is 9.97 Å². The first kappa shape index (κ1) is 8.77. The number of aromatic nitrogens is 2. The zero-order valence-electron chi connectivity index (χ0n) is 7.03. The summed E-state index contributed by atoms with van der Waals surface area (Å²) in [5.74, 6) is 2.53. The molecule has 1 saturated heterocycles. The first-order valence-corrected chi connectivity index (χ1v) is 5.26. The summed E-state index contributed by atoms with van der Waals surface area (Å²) in [6.45, 7) is 0.730. The van der Waals surface area contributed by atoms with Crippen molar-refractivity contribution in [2.24, 2.45) is 0 Å². The van der Waals surface area contributed by atoms with Gasteiger partial charge in [0, 0.05) is 23.8 Å². The SMILES string of the molecule is O=c1ccnc(C2CSCCO2)[nH]1. The molecule has 1 N–H and O–H groups in total. The number of nitrogens with zero attached hydrogens (tertiary/aromatic N) is 1. The van der Waals surface area contributed by atoms with Crippen molar-refractivity contribution in [1.82, 2.24) is 9.97 Å². The van der Waals surface area contributed by atoms with Crippen LogP contribution >= 0.6 is 11.8 Å². The Morgan fingerprint density at radius 1 is 1.69 bits per heavy atom. The third-order valence-electron chi connectivity index (χ3n) is 1.81. The number of nitrogens with one attached hydrogen (secondary N) is 1. The molecule has 1 fully saturated rings. The lowest BCUT2D eigenvalue weighted by Gasteiger charge is -2.20. The minimum absolute atomic E-state index is 0.0485. The Morgan fingerprint density at radius 2 is 2.62 bits per heavy atom. The second kappa shape index (κ2) is 3.93. The number of hydrogen-bond acceptors (Lipinski definition) is 4. The number of H-pyrrole nitrogens is 1. The molecular formula is C8H10N2O2S. The van der Waals surface area contributed by atoms with Gasteiger partial charge in [0.15, 0.2) is 0 Å². The second-order valence-corrected chi connectivity index (χ2v) is 3.90. The lowest BCUT2D eigenvalue weighted by molar-refractivity contribution is 0.0692. The summed E-state index contributed by atoms with van der Waals surface area (Å²) in [5.41, 5.74) is -0.121. The molecule has 13 heavy (non-hydrogen) atoms. The fraction of sp³-hybridized carbons (Fsp3) is 0.500. The van der Waals surface area contributed by atoms with E-state index >= 15 is 0 Å². The lowest BCUT2D eigenvalue weighted by Crippen LogP contribution is -2.20. The van der Waals surface area contributed by atoms with Crippen LogP contribution in [0.1, 0.15) is 11.9 Å². The minimum atomic E-state index is -0.121. The van der Waals surface area contributed by atoms with Gasteiger partial charge < -0.3 is 9.72 Å². The van der Waals surface area contributed by atoms with Crippen molar-refractivity contribution in [3.05, 3.63) is 28.4 Å². The van der Waals surface area contributed by atoms with Gasteiger partial charge in [-0.3, -0.25) is 4.79 Å². The highest BCUT2D eigenvalue weighted by atomic mass is 32.2. The van der Waals surface area contributed by atoms with E-state index in [4.69, 9.17) is 4.74 Å². The molecule has 2 heterocycles. The van der Waals surface area contributed by atoms with Gasteiger partial charge in [0.1, 0.15) is 11.9 Å². The lowest BCUT2D eigenvalue weighted by atomic mass is 10.3. The maximum Gasteiger partial charge on any atom is 0.250 e. The summed E-state index contributed by atoms with van der Waals surface area (Å²) in [4.78, 5) is 17.7. The van der Waals surface area contributed by atoms with Crippen LogP contribution in [0, 0.1) is 0 Å². The predicted octanol–water partition coefficient (Wildman–Crippen LogP) is 0.574. The molecule has 0 saturated carbocycles. The van der Waals surface area contributed by atoms with E-state index in [1.165, 1.54) is 12.3 Å². The fourth-order valence-corrected chi connectivity index (χ4v) is 2.04. The van der Waals surface area contributed by atoms with Crippen molar-refractivity contribution in [3.8, 4) is 0 Å². The molecule has 4 nitrogen and oxygen atoms in total. The van der Waals surface area contributed by atoms with E-state index in [0.29, 0.717) is 5.82 Å². The van der Waals surface area contributed by atoms with Gasteiger partial charge in [0.2, 0.25) is 0 Å². The van der Waals surface area contributed by atoms with Gasteiger partial charge in [-0.2, -0.15) is 11.8 Å². The van der Waals surface area contributed by atoms with Gasteiger partial charge in [-0.25, -0.2) is 4.98 Å². The van der Waals surface area contributed by atoms with E-state index in [-0.39, 0.29) is 11.7 Å². The van der Waals surface area contributed by atoms with Crippen molar-refractivity contribution >= 4 is 11.8 Å². The molecule has 0 bridgehead atoms. The topological polar surface area (TPSA) is 55.0 Å². The summed E-state index contributed by atoms with van der Waals surface area (Å²) in [7, 11) is 0. The van der Waals surface area contributed by atoms with Crippen LogP contribution in [0.4, 0.5) is 0 Å². The average molecular weight is 198 g/mol. The van der Waals surface area contributed by atoms with Crippen LogP contribution in [0.15, 0.2) is 17.1 Å². The molecular weight excluding hydrogens is 188 g/mol. The van der Waals surface area contributed by atoms with Gasteiger partial charge in [0.25, 0.3) is 5.56 Å². The maximum absolute atomic E-state index is 11.0. The van der Waals surface area contributed by atoms with Gasteiger partial charge >= 0.3 is 0 Å². The van der Waals surface area contributed by atoms with Crippen molar-refractivity contribution in [2.75, 3.05) is 18.1 Å². The zero-order valence-corrected chi connectivity index (χ0v) is 7.84. The van der Waals surface area contributed by atoms with Crippen LogP contribution in [0.2, 0.25) is 0 Å². The molecule has 0 amide bonds. The Bertz CT molecular complexity index is 333. The van der Waals surface area contributed by atoms with Crippen molar-refractivity contribution in [2.45, 2.75) is 6.10 Å². The normalized spacial score (nSPS) is 22.9. The summed E-state index contributed by atoms with van der Waals surface area (Å²) >= 11 is 1.82. The Balaban J connectivity index is 2.19. The Hall–Kier alpha value is -0.810. The maximum atomic E-state index is 11.0. The molecule has 0 aliphatic carbocycles. The van der Waals surface area contributed by atoms with Crippen molar-refractivity contribution in [1.29, 1.82) is 0 Å². The molecule has 1 aliphatic rings. The summed E-state index contributed by atoms with van der Waals surface area (Å²) < 4.78 is 5.47. The molecule has 5 heteroatoms. The predicted molar refractivity (Wildman–Crippen MR) is 50.9 cm³/mol. The van der Waals surface area contributed by atoms with E-state index in [1.807, 2.05) is 11.8 Å².